The number of amides is 1. The third-order valence-electron chi connectivity index (χ3n) is 6.85. The van der Waals surface area contributed by atoms with Gasteiger partial charge in [0, 0.05) is 44.6 Å². The molecule has 1 atom stereocenters. The van der Waals surface area contributed by atoms with E-state index in [0.717, 1.165) is 49.4 Å². The van der Waals surface area contributed by atoms with Gasteiger partial charge in [0.05, 0.1) is 10.6 Å². The average molecular weight is 480 g/mol. The van der Waals surface area contributed by atoms with Crippen LogP contribution in [-0.2, 0) is 23.0 Å². The van der Waals surface area contributed by atoms with Crippen LogP contribution in [-0.4, -0.2) is 54.1 Å². The number of rotatable bonds is 5. The van der Waals surface area contributed by atoms with E-state index >= 15 is 0 Å². The number of likely N-dealkylation sites (tertiary alicyclic amines) is 1. The zero-order valence-corrected chi connectivity index (χ0v) is 20.3. The second-order valence-corrected chi connectivity index (χ2v) is 11.1. The van der Waals surface area contributed by atoms with Crippen molar-refractivity contribution in [3.05, 3.63) is 71.3 Å². The van der Waals surface area contributed by atoms with Crippen LogP contribution in [0, 0.1) is 6.92 Å². The number of carbonyl (C=O) groups is 1. The number of benzene rings is 2. The quantitative estimate of drug-likeness (QED) is 0.560. The highest BCUT2D eigenvalue weighted by Gasteiger charge is 2.31. The minimum absolute atomic E-state index is 0.102. The molecule has 0 aliphatic carbocycles. The number of carbonyl (C=O) groups excluding carboxylic acids is 1. The molecular weight excluding hydrogens is 450 g/mol. The van der Waals surface area contributed by atoms with Crippen LogP contribution in [0.1, 0.15) is 52.8 Å². The number of anilines is 1. The molecule has 1 saturated heterocycles. The minimum Gasteiger partial charge on any atom is -0.338 e. The number of aryl methyl sites for hydroxylation is 2. The van der Waals surface area contributed by atoms with Crippen LogP contribution in [0.2, 0.25) is 0 Å². The van der Waals surface area contributed by atoms with E-state index in [1.807, 2.05) is 24.0 Å². The number of fused-ring (bicyclic) bond motifs is 1. The lowest BCUT2D eigenvalue weighted by atomic mass is 9.96. The molecule has 8 nitrogen and oxygen atoms in total. The molecule has 178 valence electrons. The van der Waals surface area contributed by atoms with Gasteiger partial charge in [0.1, 0.15) is 11.6 Å². The fraction of sp³-hybridized carbons (Fsp3) is 0.400. The normalized spacial score (nSPS) is 18.1. The van der Waals surface area contributed by atoms with E-state index in [4.69, 9.17) is 0 Å². The van der Waals surface area contributed by atoms with Gasteiger partial charge < -0.3 is 9.47 Å². The molecule has 2 aliphatic heterocycles. The summed E-state index contributed by atoms with van der Waals surface area (Å²) in [5.74, 6) is 2.01. The van der Waals surface area contributed by atoms with Crippen molar-refractivity contribution in [2.45, 2.75) is 50.0 Å². The van der Waals surface area contributed by atoms with Crippen molar-refractivity contribution in [3.8, 4) is 0 Å². The minimum atomic E-state index is -3.80. The SMILES string of the molecule is Cc1ccc(N(C)S(=O)(=O)c2cccc(C(=O)N3CCC[C@@H](c4nnc5n4CCC5)C3)c2)cc1. The van der Waals surface area contributed by atoms with Crippen molar-refractivity contribution in [3.63, 3.8) is 0 Å². The molecule has 0 radical (unpaired) electrons. The number of aromatic nitrogens is 3. The van der Waals surface area contributed by atoms with Gasteiger partial charge in [-0.2, -0.15) is 0 Å². The number of sulfonamides is 1. The molecule has 1 fully saturated rings. The van der Waals surface area contributed by atoms with E-state index in [1.165, 1.54) is 23.5 Å². The number of piperidine rings is 1. The average Bonchev–Trinajstić information content (AvgIpc) is 3.48. The molecule has 9 heteroatoms. The lowest BCUT2D eigenvalue weighted by Gasteiger charge is -2.32. The molecule has 0 bridgehead atoms. The predicted molar refractivity (Wildman–Crippen MR) is 129 cm³/mol. The van der Waals surface area contributed by atoms with Gasteiger partial charge in [-0.1, -0.05) is 23.8 Å². The van der Waals surface area contributed by atoms with Gasteiger partial charge in [-0.25, -0.2) is 8.42 Å². The molecule has 1 amide bonds. The first-order chi connectivity index (χ1) is 16.3. The monoisotopic (exact) mass is 479 g/mol. The van der Waals surface area contributed by atoms with Crippen LogP contribution >= 0.6 is 0 Å². The van der Waals surface area contributed by atoms with Gasteiger partial charge in [-0.05, 0) is 56.5 Å². The Bertz CT molecular complexity index is 1320. The lowest BCUT2D eigenvalue weighted by molar-refractivity contribution is 0.0703. The van der Waals surface area contributed by atoms with Crippen LogP contribution < -0.4 is 4.31 Å². The second kappa shape index (κ2) is 8.87. The second-order valence-electron chi connectivity index (χ2n) is 9.16. The summed E-state index contributed by atoms with van der Waals surface area (Å²) in [4.78, 5) is 15.3. The molecule has 5 rings (SSSR count). The van der Waals surface area contributed by atoms with Crippen molar-refractivity contribution in [1.29, 1.82) is 0 Å². The van der Waals surface area contributed by atoms with E-state index in [9.17, 15) is 13.2 Å². The van der Waals surface area contributed by atoms with Crippen LogP contribution in [0.4, 0.5) is 5.69 Å². The highest BCUT2D eigenvalue weighted by atomic mass is 32.2. The third-order valence-corrected chi connectivity index (χ3v) is 8.63. The molecular formula is C25H29N5O3S. The largest absolute Gasteiger partial charge is 0.338 e. The van der Waals surface area contributed by atoms with Gasteiger partial charge in [0.15, 0.2) is 0 Å². The van der Waals surface area contributed by atoms with Crippen molar-refractivity contribution in [1.82, 2.24) is 19.7 Å². The summed E-state index contributed by atoms with van der Waals surface area (Å²) in [6, 6.07) is 13.6. The van der Waals surface area contributed by atoms with Gasteiger partial charge in [0.2, 0.25) is 0 Å². The maximum Gasteiger partial charge on any atom is 0.264 e. The van der Waals surface area contributed by atoms with E-state index in [1.54, 1.807) is 24.3 Å². The number of nitrogens with zero attached hydrogens (tertiary/aromatic N) is 5. The maximum absolute atomic E-state index is 13.4. The molecule has 0 unspecified atom stereocenters. The van der Waals surface area contributed by atoms with Crippen LogP contribution in [0.15, 0.2) is 53.4 Å². The molecule has 34 heavy (non-hydrogen) atoms. The van der Waals surface area contributed by atoms with E-state index in [0.29, 0.717) is 24.3 Å². The van der Waals surface area contributed by atoms with Crippen molar-refractivity contribution in [2.24, 2.45) is 0 Å². The Morgan fingerprint density at radius 1 is 1.06 bits per heavy atom. The standard InChI is InChI=1S/C25H29N5O3S/c1-18-10-12-21(13-11-18)28(2)34(32,33)22-8-3-6-19(16-22)25(31)29-14-4-7-20(17-29)24-27-26-23-9-5-15-30(23)24/h3,6,8,10-13,16,20H,4-5,7,9,14-15,17H2,1-2H3/t20-/m1/s1. The highest BCUT2D eigenvalue weighted by molar-refractivity contribution is 7.92. The van der Waals surface area contributed by atoms with Gasteiger partial charge in [-0.3, -0.25) is 9.10 Å². The summed E-state index contributed by atoms with van der Waals surface area (Å²) >= 11 is 0. The molecule has 0 N–H and O–H groups in total. The Kier molecular flexibility index (Phi) is 5.89. The number of hydrogen-bond donors (Lipinski definition) is 0. The van der Waals surface area contributed by atoms with E-state index in [-0.39, 0.29) is 16.7 Å². The zero-order chi connectivity index (χ0) is 23.9. The fourth-order valence-corrected chi connectivity index (χ4v) is 6.11. The Labute approximate surface area is 200 Å². The van der Waals surface area contributed by atoms with Crippen molar-refractivity contribution < 1.29 is 13.2 Å². The first kappa shape index (κ1) is 22.6. The van der Waals surface area contributed by atoms with Gasteiger partial charge in [-0.15, -0.1) is 10.2 Å². The number of hydrogen-bond acceptors (Lipinski definition) is 5. The molecule has 2 aromatic carbocycles. The summed E-state index contributed by atoms with van der Waals surface area (Å²) in [5.41, 5.74) is 2.01. The van der Waals surface area contributed by atoms with Gasteiger partial charge >= 0.3 is 0 Å². The third kappa shape index (κ3) is 4.09. The topological polar surface area (TPSA) is 88.4 Å². The van der Waals surface area contributed by atoms with Gasteiger partial charge in [0.25, 0.3) is 15.9 Å². The van der Waals surface area contributed by atoms with Crippen LogP contribution in [0.3, 0.4) is 0 Å². The van der Waals surface area contributed by atoms with Crippen LogP contribution in [0.25, 0.3) is 0 Å². The Morgan fingerprint density at radius 3 is 2.65 bits per heavy atom. The Hall–Kier alpha value is -3.20. The Morgan fingerprint density at radius 2 is 1.85 bits per heavy atom. The molecule has 2 aliphatic rings. The molecule has 3 heterocycles. The molecule has 0 spiro atoms. The first-order valence-electron chi connectivity index (χ1n) is 11.7. The highest BCUT2D eigenvalue weighted by Crippen LogP contribution is 2.30. The fourth-order valence-electron chi connectivity index (χ4n) is 4.87. The molecule has 3 aromatic rings. The van der Waals surface area contributed by atoms with Crippen LogP contribution in [0.5, 0.6) is 0 Å². The summed E-state index contributed by atoms with van der Waals surface area (Å²) < 4.78 is 30.0. The smallest absolute Gasteiger partial charge is 0.264 e. The Balaban J connectivity index is 1.36. The molecule has 0 saturated carbocycles. The van der Waals surface area contributed by atoms with E-state index in [2.05, 4.69) is 14.8 Å². The maximum atomic E-state index is 13.4. The molecule has 1 aromatic heterocycles. The summed E-state index contributed by atoms with van der Waals surface area (Å²) in [6.07, 6.45) is 3.90. The zero-order valence-electron chi connectivity index (χ0n) is 19.5. The van der Waals surface area contributed by atoms with Crippen molar-refractivity contribution >= 4 is 21.6 Å². The lowest BCUT2D eigenvalue weighted by Crippen LogP contribution is -2.40. The summed E-state index contributed by atoms with van der Waals surface area (Å²) in [7, 11) is -2.28. The summed E-state index contributed by atoms with van der Waals surface area (Å²) in [6.45, 7) is 4.11. The van der Waals surface area contributed by atoms with Crippen molar-refractivity contribution in [2.75, 3.05) is 24.4 Å². The summed E-state index contributed by atoms with van der Waals surface area (Å²) in [5, 5.41) is 8.74. The predicted octanol–water partition coefficient (Wildman–Crippen LogP) is 3.38. The van der Waals surface area contributed by atoms with E-state index < -0.39 is 10.0 Å². The first-order valence-corrected chi connectivity index (χ1v) is 13.2.